The average molecular weight is 509 g/mol. The highest BCUT2D eigenvalue weighted by molar-refractivity contribution is 14.0. The summed E-state index contributed by atoms with van der Waals surface area (Å²) >= 11 is 0. The lowest BCUT2D eigenvalue weighted by atomic mass is 10.1. The van der Waals surface area contributed by atoms with Crippen molar-refractivity contribution in [3.63, 3.8) is 0 Å². The average Bonchev–Trinajstić information content (AvgIpc) is 3.32. The van der Waals surface area contributed by atoms with Crippen molar-refractivity contribution in [3.05, 3.63) is 53.5 Å². The maximum atomic E-state index is 13.1. The van der Waals surface area contributed by atoms with Gasteiger partial charge < -0.3 is 16.4 Å². The quantitative estimate of drug-likeness (QED) is 0.183. The summed E-state index contributed by atoms with van der Waals surface area (Å²) < 4.78 is 14.6. The maximum absolute atomic E-state index is 13.1. The van der Waals surface area contributed by atoms with Gasteiger partial charge in [0.05, 0.1) is 11.4 Å². The number of nitrogens with zero attached hydrogens (tertiary/aromatic N) is 4. The smallest absolute Gasteiger partial charge is 0.191 e. The van der Waals surface area contributed by atoms with Gasteiger partial charge in [0.15, 0.2) is 5.96 Å². The number of aromatic nitrogens is 2. The fourth-order valence-electron chi connectivity index (χ4n) is 3.14. The minimum Gasteiger partial charge on any atom is -0.382 e. The van der Waals surface area contributed by atoms with E-state index < -0.39 is 0 Å². The molecule has 3 rings (SSSR count). The molecule has 1 aromatic heterocycles. The standard InChI is InChI=1S/C20H24FN7.HI/c1-24-20(26-15-5-2-3-6-15)25-12-4-7-18-17(13-22)19(23)28(27-18)16-10-8-14(21)9-11-16;/h2-3,8-11,15H,4-7,12,23H2,1H3,(H2,24,25,26);1H. The first-order chi connectivity index (χ1) is 13.6. The highest BCUT2D eigenvalue weighted by atomic mass is 127. The topological polar surface area (TPSA) is 104 Å². The van der Waals surface area contributed by atoms with Crippen molar-refractivity contribution in [2.24, 2.45) is 4.99 Å². The van der Waals surface area contributed by atoms with Gasteiger partial charge in [0.1, 0.15) is 23.3 Å². The van der Waals surface area contributed by atoms with Crippen molar-refractivity contribution in [3.8, 4) is 11.8 Å². The number of nitrogens with two attached hydrogens (primary N) is 1. The third-order valence-corrected chi connectivity index (χ3v) is 4.63. The number of guanidine groups is 1. The highest BCUT2D eigenvalue weighted by Gasteiger charge is 2.16. The summed E-state index contributed by atoms with van der Waals surface area (Å²) in [5, 5.41) is 20.6. The second-order valence-corrected chi connectivity index (χ2v) is 6.59. The van der Waals surface area contributed by atoms with Gasteiger partial charge in [-0.1, -0.05) is 12.2 Å². The van der Waals surface area contributed by atoms with Crippen molar-refractivity contribution < 1.29 is 4.39 Å². The summed E-state index contributed by atoms with van der Waals surface area (Å²) in [5.74, 6) is 0.700. The molecule has 0 bridgehead atoms. The molecule has 7 nitrogen and oxygen atoms in total. The number of halogens is 2. The van der Waals surface area contributed by atoms with Gasteiger partial charge in [0.2, 0.25) is 0 Å². The Morgan fingerprint density at radius 1 is 1.34 bits per heavy atom. The normalized spacial score (nSPS) is 13.8. The first-order valence-electron chi connectivity index (χ1n) is 9.28. The molecule has 1 heterocycles. The molecule has 0 atom stereocenters. The van der Waals surface area contributed by atoms with Gasteiger partial charge in [-0.25, -0.2) is 9.07 Å². The van der Waals surface area contributed by atoms with Crippen LogP contribution in [0.3, 0.4) is 0 Å². The molecule has 9 heteroatoms. The molecule has 29 heavy (non-hydrogen) atoms. The summed E-state index contributed by atoms with van der Waals surface area (Å²) in [7, 11) is 1.75. The summed E-state index contributed by atoms with van der Waals surface area (Å²) in [4.78, 5) is 4.24. The second-order valence-electron chi connectivity index (χ2n) is 6.59. The lowest BCUT2D eigenvalue weighted by Crippen LogP contribution is -2.42. The van der Waals surface area contributed by atoms with E-state index in [4.69, 9.17) is 5.73 Å². The van der Waals surface area contributed by atoms with Crippen LogP contribution in [0.1, 0.15) is 30.5 Å². The Hall–Kier alpha value is -2.61. The molecule has 1 aliphatic rings. The number of hydrogen-bond donors (Lipinski definition) is 3. The van der Waals surface area contributed by atoms with E-state index in [-0.39, 0.29) is 35.6 Å². The number of aryl methyl sites for hydroxylation is 1. The first kappa shape index (κ1) is 22.7. The van der Waals surface area contributed by atoms with Crippen molar-refractivity contribution in [2.75, 3.05) is 19.3 Å². The van der Waals surface area contributed by atoms with E-state index in [2.05, 4.69) is 38.9 Å². The molecule has 154 valence electrons. The molecule has 0 radical (unpaired) electrons. The number of nitrogen functional groups attached to an aromatic ring is 1. The lowest BCUT2D eigenvalue weighted by Gasteiger charge is -2.16. The van der Waals surface area contributed by atoms with Crippen LogP contribution in [0, 0.1) is 17.1 Å². The maximum Gasteiger partial charge on any atom is 0.191 e. The van der Waals surface area contributed by atoms with Gasteiger partial charge in [-0.3, -0.25) is 4.99 Å². The van der Waals surface area contributed by atoms with Crippen LogP contribution in [0.2, 0.25) is 0 Å². The largest absolute Gasteiger partial charge is 0.382 e. The summed E-state index contributed by atoms with van der Waals surface area (Å²) in [5.41, 5.74) is 7.70. The van der Waals surface area contributed by atoms with Crippen LogP contribution in [0.25, 0.3) is 5.69 Å². The Balaban J connectivity index is 0.00000300. The van der Waals surface area contributed by atoms with E-state index in [1.54, 1.807) is 19.2 Å². The highest BCUT2D eigenvalue weighted by Crippen LogP contribution is 2.21. The SMILES string of the molecule is CN=C(NCCCc1nn(-c2ccc(F)cc2)c(N)c1C#N)NC1CC=CC1.I. The number of anilines is 1. The van der Waals surface area contributed by atoms with Crippen LogP contribution in [0.4, 0.5) is 10.2 Å². The fourth-order valence-corrected chi connectivity index (χ4v) is 3.14. The molecule has 1 aromatic carbocycles. The predicted molar refractivity (Wildman–Crippen MR) is 123 cm³/mol. The van der Waals surface area contributed by atoms with Gasteiger partial charge in [0, 0.05) is 19.6 Å². The van der Waals surface area contributed by atoms with E-state index in [1.807, 2.05) is 0 Å². The summed E-state index contributed by atoms with van der Waals surface area (Å²) in [6.07, 6.45) is 7.69. The minimum absolute atomic E-state index is 0. The number of aliphatic imine (C=N–C) groups is 1. The molecule has 0 saturated heterocycles. The number of nitriles is 1. The van der Waals surface area contributed by atoms with E-state index in [0.29, 0.717) is 36.0 Å². The number of rotatable bonds is 6. The molecule has 0 saturated carbocycles. The zero-order chi connectivity index (χ0) is 19.9. The zero-order valence-electron chi connectivity index (χ0n) is 16.2. The van der Waals surface area contributed by atoms with Gasteiger partial charge >= 0.3 is 0 Å². The Bertz CT molecular complexity index is 904. The number of hydrogen-bond acceptors (Lipinski definition) is 4. The molecule has 4 N–H and O–H groups in total. The van der Waals surface area contributed by atoms with Crippen LogP contribution in [0.15, 0.2) is 41.4 Å². The van der Waals surface area contributed by atoms with Crippen molar-refractivity contribution >= 4 is 35.8 Å². The molecule has 0 unspecified atom stereocenters. The summed E-state index contributed by atoms with van der Waals surface area (Å²) in [6.45, 7) is 0.688. The monoisotopic (exact) mass is 509 g/mol. The molecule has 1 aliphatic carbocycles. The van der Waals surface area contributed by atoms with Crippen LogP contribution in [-0.4, -0.2) is 35.4 Å². The van der Waals surface area contributed by atoms with Crippen LogP contribution < -0.4 is 16.4 Å². The van der Waals surface area contributed by atoms with Gasteiger partial charge in [-0.05, 0) is 49.9 Å². The molecular formula is C20H25FIN7. The molecule has 0 amide bonds. The van der Waals surface area contributed by atoms with Crippen molar-refractivity contribution in [1.82, 2.24) is 20.4 Å². The molecular weight excluding hydrogens is 484 g/mol. The van der Waals surface area contributed by atoms with Crippen LogP contribution in [-0.2, 0) is 6.42 Å². The Kier molecular flexibility index (Phi) is 8.45. The summed E-state index contributed by atoms with van der Waals surface area (Å²) in [6, 6.07) is 8.36. The molecule has 0 fully saturated rings. The Morgan fingerprint density at radius 2 is 2.03 bits per heavy atom. The number of nitrogens with one attached hydrogen (secondary N) is 2. The zero-order valence-corrected chi connectivity index (χ0v) is 18.6. The van der Waals surface area contributed by atoms with E-state index >= 15 is 0 Å². The third kappa shape index (κ3) is 5.69. The Labute approximate surface area is 186 Å². The predicted octanol–water partition coefficient (Wildman–Crippen LogP) is 2.90. The van der Waals surface area contributed by atoms with Crippen molar-refractivity contribution in [2.45, 2.75) is 31.7 Å². The van der Waals surface area contributed by atoms with Crippen LogP contribution >= 0.6 is 24.0 Å². The lowest BCUT2D eigenvalue weighted by molar-refractivity contribution is 0.626. The van der Waals surface area contributed by atoms with E-state index in [1.165, 1.54) is 16.8 Å². The number of benzene rings is 1. The Morgan fingerprint density at radius 3 is 2.66 bits per heavy atom. The van der Waals surface area contributed by atoms with E-state index in [9.17, 15) is 9.65 Å². The molecule has 0 aliphatic heterocycles. The van der Waals surface area contributed by atoms with Crippen LogP contribution in [0.5, 0.6) is 0 Å². The molecule has 0 spiro atoms. The fraction of sp³-hybridized carbons (Fsp3) is 0.350. The van der Waals surface area contributed by atoms with E-state index in [0.717, 1.165) is 25.2 Å². The molecule has 2 aromatic rings. The minimum atomic E-state index is -0.336. The first-order valence-corrected chi connectivity index (χ1v) is 9.28. The second kappa shape index (κ2) is 10.8. The third-order valence-electron chi connectivity index (χ3n) is 4.63. The van der Waals surface area contributed by atoms with Gasteiger partial charge in [-0.2, -0.15) is 10.4 Å². The van der Waals surface area contributed by atoms with Gasteiger partial charge in [0.25, 0.3) is 0 Å². The van der Waals surface area contributed by atoms with Gasteiger partial charge in [-0.15, -0.1) is 24.0 Å². The van der Waals surface area contributed by atoms with Crippen molar-refractivity contribution in [1.29, 1.82) is 5.26 Å².